The standard InChI is InChI=1S/C12H15N.C7H8S/c1-2-5-11-10(4-1)7-9-13-8-3-6-12(11)13;1-8-7-5-3-2-4-6-7/h1-2,4-5,12H,3,6-9H2;2-6H,1H3. The first kappa shape index (κ1) is 14.7. The Kier molecular flexibility index (Phi) is 5.00. The van der Waals surface area contributed by atoms with Gasteiger partial charge in [-0.3, -0.25) is 4.90 Å². The third kappa shape index (κ3) is 3.50. The average molecular weight is 297 g/mol. The van der Waals surface area contributed by atoms with E-state index in [4.69, 9.17) is 0 Å². The van der Waals surface area contributed by atoms with Crippen LogP contribution in [0.25, 0.3) is 0 Å². The summed E-state index contributed by atoms with van der Waals surface area (Å²) in [5.41, 5.74) is 3.19. The van der Waals surface area contributed by atoms with Crippen molar-refractivity contribution in [3.05, 3.63) is 65.7 Å². The van der Waals surface area contributed by atoms with Gasteiger partial charge in [0.05, 0.1) is 0 Å². The third-order valence-corrected chi connectivity index (χ3v) is 5.17. The first-order valence-corrected chi connectivity index (χ1v) is 9.02. The Morgan fingerprint density at radius 3 is 2.48 bits per heavy atom. The van der Waals surface area contributed by atoms with Gasteiger partial charge >= 0.3 is 0 Å². The second-order valence-electron chi connectivity index (χ2n) is 5.66. The summed E-state index contributed by atoms with van der Waals surface area (Å²) in [6.45, 7) is 2.60. The van der Waals surface area contributed by atoms with Crippen LogP contribution in [-0.2, 0) is 6.42 Å². The zero-order valence-electron chi connectivity index (χ0n) is 12.7. The number of thioether (sulfide) groups is 1. The maximum Gasteiger partial charge on any atom is 0.0351 e. The van der Waals surface area contributed by atoms with Gasteiger partial charge < -0.3 is 0 Å². The lowest BCUT2D eigenvalue weighted by Crippen LogP contribution is -2.30. The summed E-state index contributed by atoms with van der Waals surface area (Å²) in [5.74, 6) is 0. The van der Waals surface area contributed by atoms with E-state index in [1.54, 1.807) is 22.9 Å². The van der Waals surface area contributed by atoms with E-state index in [9.17, 15) is 0 Å². The predicted octanol–water partition coefficient (Wildman–Crippen LogP) is 4.79. The number of fused-ring (bicyclic) bond motifs is 3. The third-order valence-electron chi connectivity index (χ3n) is 4.43. The van der Waals surface area contributed by atoms with Crippen LogP contribution in [-0.4, -0.2) is 24.2 Å². The molecule has 1 saturated heterocycles. The summed E-state index contributed by atoms with van der Waals surface area (Å²) < 4.78 is 0. The fraction of sp³-hybridized carbons (Fsp3) is 0.368. The van der Waals surface area contributed by atoms with Crippen LogP contribution in [0.5, 0.6) is 0 Å². The van der Waals surface area contributed by atoms with Crippen molar-refractivity contribution in [2.45, 2.75) is 30.2 Å². The summed E-state index contributed by atoms with van der Waals surface area (Å²) in [6, 6.07) is 20.0. The molecule has 1 unspecified atom stereocenters. The minimum atomic E-state index is 0.755. The van der Waals surface area contributed by atoms with Gasteiger partial charge in [-0.25, -0.2) is 0 Å². The molecule has 0 aromatic heterocycles. The van der Waals surface area contributed by atoms with Gasteiger partial charge in [0.2, 0.25) is 0 Å². The molecule has 2 aromatic carbocycles. The molecule has 1 nitrogen and oxygen atoms in total. The Morgan fingerprint density at radius 1 is 0.952 bits per heavy atom. The van der Waals surface area contributed by atoms with Crippen LogP contribution in [0.4, 0.5) is 0 Å². The minimum absolute atomic E-state index is 0.755. The molecule has 2 heteroatoms. The van der Waals surface area contributed by atoms with E-state index < -0.39 is 0 Å². The SMILES string of the molecule is CSc1ccccc1.c1ccc2c(c1)CCN1CCCC21. The highest BCUT2D eigenvalue weighted by molar-refractivity contribution is 7.98. The van der Waals surface area contributed by atoms with Crippen molar-refractivity contribution in [1.82, 2.24) is 4.90 Å². The van der Waals surface area contributed by atoms with E-state index in [2.05, 4.69) is 47.6 Å². The van der Waals surface area contributed by atoms with Gasteiger partial charge in [0.1, 0.15) is 0 Å². The second kappa shape index (κ2) is 7.15. The molecule has 0 aliphatic carbocycles. The van der Waals surface area contributed by atoms with Gasteiger partial charge in [-0.05, 0) is 55.3 Å². The number of hydrogen-bond donors (Lipinski definition) is 0. The van der Waals surface area contributed by atoms with Gasteiger partial charge in [0, 0.05) is 17.5 Å². The number of hydrogen-bond acceptors (Lipinski definition) is 2. The minimum Gasteiger partial charge on any atom is -0.296 e. The average Bonchev–Trinajstić information content (AvgIpc) is 3.05. The molecule has 0 radical (unpaired) electrons. The van der Waals surface area contributed by atoms with Crippen molar-refractivity contribution in [3.8, 4) is 0 Å². The van der Waals surface area contributed by atoms with Crippen LogP contribution >= 0.6 is 11.8 Å². The Morgan fingerprint density at radius 2 is 1.71 bits per heavy atom. The Balaban J connectivity index is 0.000000143. The monoisotopic (exact) mass is 297 g/mol. The molecule has 4 rings (SSSR count). The number of rotatable bonds is 1. The molecule has 2 heterocycles. The van der Waals surface area contributed by atoms with Crippen LogP contribution in [0.15, 0.2) is 59.5 Å². The van der Waals surface area contributed by atoms with Gasteiger partial charge in [-0.2, -0.15) is 0 Å². The quantitative estimate of drug-likeness (QED) is 0.696. The van der Waals surface area contributed by atoms with Crippen molar-refractivity contribution in [1.29, 1.82) is 0 Å². The van der Waals surface area contributed by atoms with E-state index in [1.165, 1.54) is 37.2 Å². The molecule has 0 bridgehead atoms. The number of nitrogens with zero attached hydrogens (tertiary/aromatic N) is 1. The summed E-state index contributed by atoms with van der Waals surface area (Å²) >= 11 is 1.77. The van der Waals surface area contributed by atoms with E-state index in [-0.39, 0.29) is 0 Å². The number of benzene rings is 2. The molecule has 1 atom stereocenters. The zero-order valence-corrected chi connectivity index (χ0v) is 13.5. The Labute approximate surface area is 132 Å². The van der Waals surface area contributed by atoms with Crippen molar-refractivity contribution in [3.63, 3.8) is 0 Å². The van der Waals surface area contributed by atoms with Crippen molar-refractivity contribution in [2.75, 3.05) is 19.3 Å². The summed E-state index contributed by atoms with van der Waals surface area (Å²) in [4.78, 5) is 3.97. The molecule has 0 amide bonds. The lowest BCUT2D eigenvalue weighted by Gasteiger charge is -2.31. The normalized spacial score (nSPS) is 20.1. The Hall–Kier alpha value is -1.25. The summed E-state index contributed by atoms with van der Waals surface area (Å²) in [6.07, 6.45) is 6.10. The molecular weight excluding hydrogens is 274 g/mol. The molecule has 21 heavy (non-hydrogen) atoms. The van der Waals surface area contributed by atoms with Gasteiger partial charge in [-0.1, -0.05) is 42.5 Å². The van der Waals surface area contributed by atoms with E-state index in [0.717, 1.165) is 6.04 Å². The van der Waals surface area contributed by atoms with Gasteiger partial charge in [-0.15, -0.1) is 11.8 Å². The fourth-order valence-corrected chi connectivity index (χ4v) is 3.78. The largest absolute Gasteiger partial charge is 0.296 e. The van der Waals surface area contributed by atoms with E-state index >= 15 is 0 Å². The summed E-state index contributed by atoms with van der Waals surface area (Å²) in [7, 11) is 0. The molecule has 0 spiro atoms. The van der Waals surface area contributed by atoms with Crippen LogP contribution in [0, 0.1) is 0 Å². The van der Waals surface area contributed by atoms with Crippen molar-refractivity contribution >= 4 is 11.8 Å². The highest BCUT2D eigenvalue weighted by Gasteiger charge is 2.30. The fourth-order valence-electron chi connectivity index (χ4n) is 3.35. The lowest BCUT2D eigenvalue weighted by molar-refractivity contribution is 0.244. The van der Waals surface area contributed by atoms with Crippen molar-refractivity contribution < 1.29 is 0 Å². The molecule has 2 aliphatic rings. The predicted molar refractivity (Wildman–Crippen MR) is 91.9 cm³/mol. The highest BCUT2D eigenvalue weighted by Crippen LogP contribution is 2.36. The molecule has 110 valence electrons. The molecule has 0 N–H and O–H groups in total. The van der Waals surface area contributed by atoms with Gasteiger partial charge in [0.25, 0.3) is 0 Å². The second-order valence-corrected chi connectivity index (χ2v) is 6.54. The smallest absolute Gasteiger partial charge is 0.0351 e. The van der Waals surface area contributed by atoms with E-state index in [1.807, 2.05) is 18.2 Å². The van der Waals surface area contributed by atoms with Gasteiger partial charge in [0.15, 0.2) is 0 Å². The van der Waals surface area contributed by atoms with Crippen LogP contribution in [0.2, 0.25) is 0 Å². The van der Waals surface area contributed by atoms with Crippen LogP contribution in [0.1, 0.15) is 30.0 Å². The maximum absolute atomic E-state index is 2.64. The Bertz CT molecular complexity index is 567. The van der Waals surface area contributed by atoms with Crippen LogP contribution < -0.4 is 0 Å². The molecule has 0 saturated carbocycles. The zero-order chi connectivity index (χ0) is 14.5. The molecule has 2 aromatic rings. The first-order chi connectivity index (χ1) is 10.4. The molecular formula is C19H23NS. The highest BCUT2D eigenvalue weighted by atomic mass is 32.2. The lowest BCUT2D eigenvalue weighted by atomic mass is 9.93. The van der Waals surface area contributed by atoms with Crippen molar-refractivity contribution in [2.24, 2.45) is 0 Å². The van der Waals surface area contributed by atoms with Crippen LogP contribution in [0.3, 0.4) is 0 Å². The molecule has 2 aliphatic heterocycles. The summed E-state index contributed by atoms with van der Waals surface area (Å²) in [5, 5.41) is 0. The topological polar surface area (TPSA) is 3.24 Å². The maximum atomic E-state index is 2.64. The first-order valence-electron chi connectivity index (χ1n) is 7.79. The van der Waals surface area contributed by atoms with E-state index in [0.29, 0.717) is 0 Å². The molecule has 1 fully saturated rings.